The molecule has 2 N–H and O–H groups in total. The van der Waals surface area contributed by atoms with E-state index in [2.05, 4.69) is 0 Å². The van der Waals surface area contributed by atoms with Crippen LogP contribution in [-0.2, 0) is 24.4 Å². The Morgan fingerprint density at radius 3 is 2.59 bits per heavy atom. The number of hydrogen-bond donors (Lipinski definition) is 1. The average molecular weight is 392 g/mol. The normalized spacial score (nSPS) is 24.0. The Kier molecular flexibility index (Phi) is 5.34. The van der Waals surface area contributed by atoms with E-state index in [-0.39, 0.29) is 29.6 Å². The van der Waals surface area contributed by atoms with Gasteiger partial charge in [-0.15, -0.1) is 0 Å². The number of ketones is 1. The molecule has 1 aromatic carbocycles. The van der Waals surface area contributed by atoms with Gasteiger partial charge in [-0.25, -0.2) is 8.42 Å². The number of nitrogens with zero attached hydrogens (tertiary/aromatic N) is 2. The molecule has 2 fully saturated rings. The van der Waals surface area contributed by atoms with E-state index in [9.17, 15) is 22.8 Å². The summed E-state index contributed by atoms with van der Waals surface area (Å²) in [6.07, 6.45) is 1.93. The number of nitrogens with two attached hydrogens (primary N) is 1. The van der Waals surface area contributed by atoms with Crippen LogP contribution < -0.4 is 5.73 Å². The van der Waals surface area contributed by atoms with Gasteiger partial charge in [0.1, 0.15) is 6.04 Å². The molecule has 0 aromatic heterocycles. The molecule has 145 valence electrons. The summed E-state index contributed by atoms with van der Waals surface area (Å²) >= 11 is 0. The van der Waals surface area contributed by atoms with Gasteiger partial charge < -0.3 is 10.6 Å². The van der Waals surface area contributed by atoms with Crippen LogP contribution in [0.15, 0.2) is 35.2 Å². The predicted octanol–water partition coefficient (Wildman–Crippen LogP) is -0.0547. The van der Waals surface area contributed by atoms with Crippen LogP contribution in [0, 0.1) is 12.3 Å². The number of likely N-dealkylation sites (tertiary alicyclic amines) is 1. The fraction of sp³-hybridized carbons (Fsp3) is 0.444. The summed E-state index contributed by atoms with van der Waals surface area (Å²) in [4.78, 5) is 37.6. The summed E-state index contributed by atoms with van der Waals surface area (Å²) in [5.41, 5.74) is 5.19. The molecule has 3 atom stereocenters. The van der Waals surface area contributed by atoms with Crippen molar-refractivity contribution in [1.29, 1.82) is 0 Å². The second-order valence-electron chi connectivity index (χ2n) is 6.91. The van der Waals surface area contributed by atoms with Crippen molar-refractivity contribution in [2.24, 2.45) is 11.7 Å². The number of Topliss-reactive ketones (excluding diaryl/α,β-unsaturated/α-hetero) is 1. The summed E-state index contributed by atoms with van der Waals surface area (Å²) in [7, 11) is -3.81. The molecule has 2 amide bonds. The maximum absolute atomic E-state index is 12.9. The smallest absolute Gasteiger partial charge is 0.243 e. The Hall–Kier alpha value is -2.26. The van der Waals surface area contributed by atoms with E-state index in [0.29, 0.717) is 13.0 Å². The topological polar surface area (TPSA) is 118 Å². The SMILES string of the molecule is CC(C[CH]C(=O)N1CCC2C1C(=O)CN2S(=O)(=O)c1ccccc1)C(N)=O. The minimum Gasteiger partial charge on any atom is -0.369 e. The Labute approximate surface area is 158 Å². The van der Waals surface area contributed by atoms with Crippen molar-refractivity contribution in [1.82, 2.24) is 9.21 Å². The second kappa shape index (κ2) is 7.40. The summed E-state index contributed by atoms with van der Waals surface area (Å²) in [6, 6.07) is 6.61. The van der Waals surface area contributed by atoms with Gasteiger partial charge in [0.15, 0.2) is 5.78 Å². The number of carbonyl (C=O) groups excluding carboxylic acids is 3. The third-order valence-corrected chi connectivity index (χ3v) is 7.03. The van der Waals surface area contributed by atoms with Crippen LogP contribution >= 0.6 is 0 Å². The van der Waals surface area contributed by atoms with Gasteiger partial charge >= 0.3 is 0 Å². The molecule has 1 aromatic rings. The number of primary amides is 1. The number of sulfonamides is 1. The molecule has 3 unspecified atom stereocenters. The second-order valence-corrected chi connectivity index (χ2v) is 8.80. The molecule has 0 bridgehead atoms. The van der Waals surface area contributed by atoms with Crippen molar-refractivity contribution >= 4 is 27.6 Å². The maximum Gasteiger partial charge on any atom is 0.243 e. The summed E-state index contributed by atoms with van der Waals surface area (Å²) < 4.78 is 27.0. The third kappa shape index (κ3) is 3.61. The van der Waals surface area contributed by atoms with Gasteiger partial charge in [0, 0.05) is 12.5 Å². The number of benzene rings is 1. The van der Waals surface area contributed by atoms with Crippen molar-refractivity contribution < 1.29 is 22.8 Å². The van der Waals surface area contributed by atoms with Gasteiger partial charge in [0.05, 0.1) is 23.9 Å². The first kappa shape index (κ1) is 19.5. The molecule has 2 aliphatic heterocycles. The van der Waals surface area contributed by atoms with E-state index in [1.54, 1.807) is 25.1 Å². The molecular weight excluding hydrogens is 370 g/mol. The van der Waals surface area contributed by atoms with Gasteiger partial charge in [-0.2, -0.15) is 4.31 Å². The zero-order chi connectivity index (χ0) is 19.8. The van der Waals surface area contributed by atoms with Crippen LogP contribution in [-0.4, -0.2) is 60.4 Å². The lowest BCUT2D eigenvalue weighted by Gasteiger charge is -2.24. The largest absolute Gasteiger partial charge is 0.369 e. The van der Waals surface area contributed by atoms with E-state index >= 15 is 0 Å². The molecule has 8 nitrogen and oxygen atoms in total. The standard InChI is InChI=1S/C18H22N3O5S/c1-12(18(19)24)7-8-16(23)20-10-9-14-17(20)15(22)11-21(14)27(25,26)13-5-3-2-4-6-13/h2-6,8,12,14,17H,7,9-11H2,1H3,(H2,19,24). The summed E-state index contributed by atoms with van der Waals surface area (Å²) in [5, 5.41) is 0. The highest BCUT2D eigenvalue weighted by Crippen LogP contribution is 2.34. The van der Waals surface area contributed by atoms with Crippen LogP contribution in [0.5, 0.6) is 0 Å². The maximum atomic E-state index is 12.9. The molecule has 0 spiro atoms. The number of fused-ring (bicyclic) bond motifs is 1. The molecule has 2 aliphatic rings. The average Bonchev–Trinajstić information content (AvgIpc) is 3.21. The highest BCUT2D eigenvalue weighted by molar-refractivity contribution is 7.89. The third-order valence-electron chi connectivity index (χ3n) is 5.14. The van der Waals surface area contributed by atoms with Gasteiger partial charge in [0.2, 0.25) is 21.8 Å². The monoisotopic (exact) mass is 392 g/mol. The zero-order valence-electron chi connectivity index (χ0n) is 14.9. The van der Waals surface area contributed by atoms with Gasteiger partial charge in [0.25, 0.3) is 0 Å². The van der Waals surface area contributed by atoms with Crippen molar-refractivity contribution in [2.45, 2.75) is 36.7 Å². The molecule has 0 saturated carbocycles. The first-order chi connectivity index (χ1) is 12.7. The Bertz CT molecular complexity index is 855. The van der Waals surface area contributed by atoms with Crippen molar-refractivity contribution in [3.8, 4) is 0 Å². The molecule has 27 heavy (non-hydrogen) atoms. The molecule has 9 heteroatoms. The van der Waals surface area contributed by atoms with E-state index in [1.807, 2.05) is 0 Å². The van der Waals surface area contributed by atoms with Gasteiger partial charge in [-0.1, -0.05) is 25.1 Å². The van der Waals surface area contributed by atoms with Crippen LogP contribution in [0.25, 0.3) is 0 Å². The van der Waals surface area contributed by atoms with Crippen molar-refractivity contribution in [3.05, 3.63) is 36.8 Å². The lowest BCUT2D eigenvalue weighted by atomic mass is 10.0. The molecule has 2 saturated heterocycles. The molecule has 3 rings (SSSR count). The van der Waals surface area contributed by atoms with E-state index in [4.69, 9.17) is 5.73 Å². The van der Waals surface area contributed by atoms with E-state index in [1.165, 1.54) is 27.8 Å². The first-order valence-electron chi connectivity index (χ1n) is 8.76. The van der Waals surface area contributed by atoms with Crippen molar-refractivity contribution in [3.63, 3.8) is 0 Å². The van der Waals surface area contributed by atoms with Gasteiger partial charge in [-0.05, 0) is 25.0 Å². The van der Waals surface area contributed by atoms with Crippen LogP contribution in [0.1, 0.15) is 19.8 Å². The lowest BCUT2D eigenvalue weighted by molar-refractivity contribution is -0.133. The number of amides is 2. The first-order valence-corrected chi connectivity index (χ1v) is 10.2. The zero-order valence-corrected chi connectivity index (χ0v) is 15.8. The minimum absolute atomic E-state index is 0.130. The Balaban J connectivity index is 1.75. The molecule has 0 aliphatic carbocycles. The highest BCUT2D eigenvalue weighted by atomic mass is 32.2. The molecule has 1 radical (unpaired) electrons. The van der Waals surface area contributed by atoms with Crippen LogP contribution in [0.2, 0.25) is 0 Å². The van der Waals surface area contributed by atoms with E-state index < -0.39 is 33.9 Å². The van der Waals surface area contributed by atoms with Crippen molar-refractivity contribution in [2.75, 3.05) is 13.1 Å². The van der Waals surface area contributed by atoms with E-state index in [0.717, 1.165) is 0 Å². The summed E-state index contributed by atoms with van der Waals surface area (Å²) in [6.45, 7) is 1.67. The van der Waals surface area contributed by atoms with Gasteiger partial charge in [-0.3, -0.25) is 14.4 Å². The quantitative estimate of drug-likeness (QED) is 0.728. The number of rotatable bonds is 6. The predicted molar refractivity (Wildman–Crippen MR) is 96.5 cm³/mol. The highest BCUT2D eigenvalue weighted by Gasteiger charge is 2.53. The fourth-order valence-corrected chi connectivity index (χ4v) is 5.23. The fourth-order valence-electron chi connectivity index (χ4n) is 3.58. The Morgan fingerprint density at radius 1 is 1.30 bits per heavy atom. The molecule has 2 heterocycles. The lowest BCUT2D eigenvalue weighted by Crippen LogP contribution is -2.43. The van der Waals surface area contributed by atoms with Crippen LogP contribution in [0.4, 0.5) is 0 Å². The number of carbonyl (C=O) groups is 3. The summed E-state index contributed by atoms with van der Waals surface area (Å²) in [5.74, 6) is -1.65. The Morgan fingerprint density at radius 2 is 1.96 bits per heavy atom. The molecular formula is C18H22N3O5S. The number of hydrogen-bond acceptors (Lipinski definition) is 5. The minimum atomic E-state index is -3.81. The van der Waals surface area contributed by atoms with Crippen LogP contribution in [0.3, 0.4) is 0 Å².